The lowest BCUT2D eigenvalue weighted by atomic mass is 10.1. The number of amides is 1. The van der Waals surface area contributed by atoms with Crippen LogP contribution in [0.25, 0.3) is 0 Å². The van der Waals surface area contributed by atoms with Gasteiger partial charge in [-0.25, -0.2) is 4.39 Å². The van der Waals surface area contributed by atoms with E-state index in [9.17, 15) is 9.18 Å². The Balaban J connectivity index is 1.75. The second kappa shape index (κ2) is 4.84. The average molecular weight is 236 g/mol. The molecule has 1 aliphatic rings. The number of halogens is 1. The molecule has 3 nitrogen and oxygen atoms in total. The summed E-state index contributed by atoms with van der Waals surface area (Å²) in [6.07, 6.45) is 2.43. The number of benzene rings is 1. The van der Waals surface area contributed by atoms with Crippen molar-refractivity contribution in [3.63, 3.8) is 0 Å². The highest BCUT2D eigenvalue weighted by Crippen LogP contribution is 2.43. The van der Waals surface area contributed by atoms with Crippen molar-refractivity contribution in [2.45, 2.75) is 19.8 Å². The third-order valence-corrected chi connectivity index (χ3v) is 3.09. The fourth-order valence-electron chi connectivity index (χ4n) is 1.62. The van der Waals surface area contributed by atoms with Gasteiger partial charge in [0.1, 0.15) is 5.82 Å². The molecular formula is C13H17FN2O. The molecule has 2 rings (SSSR count). The molecule has 1 saturated carbocycles. The molecule has 17 heavy (non-hydrogen) atoms. The molecule has 0 unspecified atom stereocenters. The monoisotopic (exact) mass is 236 g/mol. The van der Waals surface area contributed by atoms with E-state index in [1.54, 1.807) is 18.2 Å². The van der Waals surface area contributed by atoms with E-state index >= 15 is 0 Å². The second-order valence-corrected chi connectivity index (χ2v) is 4.94. The Bertz CT molecular complexity index is 416. The van der Waals surface area contributed by atoms with Gasteiger partial charge in [0.05, 0.1) is 12.2 Å². The van der Waals surface area contributed by atoms with E-state index in [1.807, 2.05) is 0 Å². The van der Waals surface area contributed by atoms with Crippen LogP contribution >= 0.6 is 0 Å². The van der Waals surface area contributed by atoms with Crippen LogP contribution in [0.5, 0.6) is 0 Å². The predicted octanol–water partition coefficient (Wildman–Crippen LogP) is 2.15. The maximum absolute atomic E-state index is 13.2. The third-order valence-electron chi connectivity index (χ3n) is 3.09. The van der Waals surface area contributed by atoms with Crippen molar-refractivity contribution in [1.82, 2.24) is 5.32 Å². The normalized spacial score (nSPS) is 16.6. The van der Waals surface area contributed by atoms with E-state index in [2.05, 4.69) is 17.6 Å². The van der Waals surface area contributed by atoms with Crippen LogP contribution in [0.3, 0.4) is 0 Å². The molecule has 2 N–H and O–H groups in total. The minimum Gasteiger partial charge on any atom is -0.322 e. The topological polar surface area (TPSA) is 41.1 Å². The number of anilines is 1. The van der Waals surface area contributed by atoms with Crippen molar-refractivity contribution >= 4 is 11.6 Å². The van der Waals surface area contributed by atoms with E-state index in [0.29, 0.717) is 5.41 Å². The van der Waals surface area contributed by atoms with E-state index in [1.165, 1.54) is 18.9 Å². The molecule has 1 fully saturated rings. The maximum Gasteiger partial charge on any atom is 0.238 e. The summed E-state index contributed by atoms with van der Waals surface area (Å²) in [6.45, 7) is 3.26. The second-order valence-electron chi connectivity index (χ2n) is 4.94. The van der Waals surface area contributed by atoms with Crippen LogP contribution in [0, 0.1) is 11.2 Å². The molecule has 1 aromatic carbocycles. The molecule has 0 radical (unpaired) electrons. The first-order valence-corrected chi connectivity index (χ1v) is 5.84. The molecule has 1 aromatic rings. The highest BCUT2D eigenvalue weighted by atomic mass is 19.1. The van der Waals surface area contributed by atoms with Gasteiger partial charge in [-0.3, -0.25) is 4.79 Å². The van der Waals surface area contributed by atoms with Gasteiger partial charge >= 0.3 is 0 Å². The zero-order chi connectivity index (χ0) is 12.3. The summed E-state index contributed by atoms with van der Waals surface area (Å²) in [4.78, 5) is 11.5. The molecule has 0 saturated heterocycles. The zero-order valence-corrected chi connectivity index (χ0v) is 9.92. The molecule has 0 heterocycles. The highest BCUT2D eigenvalue weighted by Gasteiger charge is 2.36. The van der Waals surface area contributed by atoms with Gasteiger partial charge in [0.25, 0.3) is 0 Å². The Morgan fingerprint density at radius 2 is 2.12 bits per heavy atom. The molecule has 0 spiro atoms. The summed E-state index contributed by atoms with van der Waals surface area (Å²) in [5.41, 5.74) is 0.607. The molecule has 0 aliphatic heterocycles. The summed E-state index contributed by atoms with van der Waals surface area (Å²) >= 11 is 0. The summed E-state index contributed by atoms with van der Waals surface area (Å²) < 4.78 is 13.2. The van der Waals surface area contributed by atoms with Crippen LogP contribution in [0.1, 0.15) is 19.8 Å². The summed E-state index contributed by atoms with van der Waals surface area (Å²) in [5, 5.41) is 5.63. The van der Waals surface area contributed by atoms with Gasteiger partial charge in [0.2, 0.25) is 5.91 Å². The van der Waals surface area contributed by atoms with E-state index < -0.39 is 5.82 Å². The van der Waals surface area contributed by atoms with Gasteiger partial charge in [0, 0.05) is 6.54 Å². The number of hydrogen-bond donors (Lipinski definition) is 2. The van der Waals surface area contributed by atoms with Crippen LogP contribution in [-0.2, 0) is 4.79 Å². The molecule has 0 aromatic heterocycles. The van der Waals surface area contributed by atoms with Crippen molar-refractivity contribution in [3.8, 4) is 0 Å². The SMILES string of the molecule is CC1(CNCC(=O)Nc2ccccc2F)CC1. The predicted molar refractivity (Wildman–Crippen MR) is 65.2 cm³/mol. The van der Waals surface area contributed by atoms with Crippen molar-refractivity contribution < 1.29 is 9.18 Å². The van der Waals surface area contributed by atoms with Crippen molar-refractivity contribution in [3.05, 3.63) is 30.1 Å². The van der Waals surface area contributed by atoms with E-state index in [4.69, 9.17) is 0 Å². The molecule has 1 aliphatic carbocycles. The lowest BCUT2D eigenvalue weighted by molar-refractivity contribution is -0.115. The molecule has 4 heteroatoms. The van der Waals surface area contributed by atoms with Crippen LogP contribution in [0.4, 0.5) is 10.1 Å². The number of para-hydroxylation sites is 1. The van der Waals surface area contributed by atoms with Gasteiger partial charge in [-0.1, -0.05) is 19.1 Å². The van der Waals surface area contributed by atoms with Crippen LogP contribution in [-0.4, -0.2) is 19.0 Å². The lowest BCUT2D eigenvalue weighted by Gasteiger charge is -2.10. The van der Waals surface area contributed by atoms with Crippen LogP contribution in [0.2, 0.25) is 0 Å². The number of hydrogen-bond acceptors (Lipinski definition) is 2. The van der Waals surface area contributed by atoms with Gasteiger partial charge in [-0.2, -0.15) is 0 Å². The maximum atomic E-state index is 13.2. The average Bonchev–Trinajstić information content (AvgIpc) is 3.00. The Kier molecular flexibility index (Phi) is 3.43. The molecule has 1 amide bonds. The first kappa shape index (κ1) is 12.0. The Morgan fingerprint density at radius 1 is 1.41 bits per heavy atom. The zero-order valence-electron chi connectivity index (χ0n) is 9.92. The largest absolute Gasteiger partial charge is 0.322 e. The summed E-state index contributed by atoms with van der Waals surface area (Å²) in [5.74, 6) is -0.616. The number of carbonyl (C=O) groups excluding carboxylic acids is 1. The van der Waals surface area contributed by atoms with E-state index in [-0.39, 0.29) is 18.1 Å². The smallest absolute Gasteiger partial charge is 0.238 e. The molecule has 0 bridgehead atoms. The quantitative estimate of drug-likeness (QED) is 0.822. The highest BCUT2D eigenvalue weighted by molar-refractivity contribution is 5.92. The van der Waals surface area contributed by atoms with Crippen LogP contribution in [0.15, 0.2) is 24.3 Å². The fraction of sp³-hybridized carbons (Fsp3) is 0.462. The lowest BCUT2D eigenvalue weighted by Crippen LogP contribution is -2.31. The Morgan fingerprint density at radius 3 is 2.76 bits per heavy atom. The van der Waals surface area contributed by atoms with Crippen molar-refractivity contribution in [2.75, 3.05) is 18.4 Å². The standard InChI is InChI=1S/C13H17FN2O/c1-13(6-7-13)9-15-8-12(17)16-11-5-3-2-4-10(11)14/h2-5,15H,6-9H2,1H3,(H,16,17). The number of rotatable bonds is 5. The van der Waals surface area contributed by atoms with Crippen molar-refractivity contribution in [1.29, 1.82) is 0 Å². The minimum absolute atomic E-state index is 0.209. The molecular weight excluding hydrogens is 219 g/mol. The first-order chi connectivity index (χ1) is 8.09. The van der Waals surface area contributed by atoms with Crippen molar-refractivity contribution in [2.24, 2.45) is 5.41 Å². The third kappa shape index (κ3) is 3.53. The fourth-order valence-corrected chi connectivity index (χ4v) is 1.62. The molecule has 0 atom stereocenters. The minimum atomic E-state index is -0.407. The van der Waals surface area contributed by atoms with Gasteiger partial charge in [0.15, 0.2) is 0 Å². The summed E-state index contributed by atoms with van der Waals surface area (Å²) in [7, 11) is 0. The van der Waals surface area contributed by atoms with Crippen LogP contribution < -0.4 is 10.6 Å². The number of carbonyl (C=O) groups is 1. The molecule has 92 valence electrons. The Hall–Kier alpha value is -1.42. The van der Waals surface area contributed by atoms with Gasteiger partial charge in [-0.05, 0) is 30.4 Å². The Labute approximate surface area is 100 Å². The first-order valence-electron chi connectivity index (χ1n) is 5.84. The summed E-state index contributed by atoms with van der Waals surface area (Å²) in [6, 6.07) is 6.16. The van der Waals surface area contributed by atoms with E-state index in [0.717, 1.165) is 6.54 Å². The number of nitrogens with one attached hydrogen (secondary N) is 2. The van der Waals surface area contributed by atoms with Gasteiger partial charge < -0.3 is 10.6 Å². The van der Waals surface area contributed by atoms with Gasteiger partial charge in [-0.15, -0.1) is 0 Å².